The SMILES string of the molecule is C#CCCC(NC)C1CCC(C)(C)CC1. The fraction of sp³-hybridized carbons (Fsp3) is 0.857. The van der Waals surface area contributed by atoms with Crippen molar-refractivity contribution in [1.82, 2.24) is 5.32 Å². The van der Waals surface area contributed by atoms with Gasteiger partial charge in [0.05, 0.1) is 0 Å². The molecule has 0 spiro atoms. The summed E-state index contributed by atoms with van der Waals surface area (Å²) in [6.07, 6.45) is 12.8. The normalized spacial score (nSPS) is 23.3. The molecule has 0 aromatic heterocycles. The van der Waals surface area contributed by atoms with E-state index in [9.17, 15) is 0 Å². The molecular weight excluding hydrogens is 182 g/mol. The van der Waals surface area contributed by atoms with Crippen molar-refractivity contribution in [3.63, 3.8) is 0 Å². The zero-order valence-electron chi connectivity index (χ0n) is 10.5. The first-order valence-electron chi connectivity index (χ1n) is 6.20. The molecule has 0 aromatic rings. The molecule has 1 unspecified atom stereocenters. The van der Waals surface area contributed by atoms with Crippen LogP contribution in [0, 0.1) is 23.7 Å². The molecule has 0 radical (unpaired) electrons. The van der Waals surface area contributed by atoms with Gasteiger partial charge < -0.3 is 5.32 Å². The molecule has 1 N–H and O–H groups in total. The topological polar surface area (TPSA) is 12.0 Å². The Morgan fingerprint density at radius 3 is 2.47 bits per heavy atom. The summed E-state index contributed by atoms with van der Waals surface area (Å²) in [5.74, 6) is 3.59. The maximum absolute atomic E-state index is 5.33. The van der Waals surface area contributed by atoms with Gasteiger partial charge >= 0.3 is 0 Å². The van der Waals surface area contributed by atoms with Crippen LogP contribution in [0.2, 0.25) is 0 Å². The number of nitrogens with one attached hydrogen (secondary N) is 1. The van der Waals surface area contributed by atoms with Crippen LogP contribution in [0.3, 0.4) is 0 Å². The zero-order valence-corrected chi connectivity index (χ0v) is 10.5. The molecule has 1 aliphatic rings. The van der Waals surface area contributed by atoms with Gasteiger partial charge in [0.15, 0.2) is 0 Å². The minimum absolute atomic E-state index is 0.570. The molecule has 1 nitrogen and oxygen atoms in total. The lowest BCUT2D eigenvalue weighted by molar-refractivity contribution is 0.161. The average molecular weight is 207 g/mol. The highest BCUT2D eigenvalue weighted by atomic mass is 14.9. The second-order valence-electron chi connectivity index (χ2n) is 5.64. The fourth-order valence-electron chi connectivity index (χ4n) is 2.68. The molecule has 0 heterocycles. The van der Waals surface area contributed by atoms with E-state index in [-0.39, 0.29) is 0 Å². The van der Waals surface area contributed by atoms with Gasteiger partial charge in [0.25, 0.3) is 0 Å². The van der Waals surface area contributed by atoms with E-state index in [4.69, 9.17) is 6.42 Å². The second-order valence-corrected chi connectivity index (χ2v) is 5.64. The van der Waals surface area contributed by atoms with Gasteiger partial charge in [-0.1, -0.05) is 13.8 Å². The van der Waals surface area contributed by atoms with Gasteiger partial charge in [0, 0.05) is 12.5 Å². The third kappa shape index (κ3) is 3.87. The monoisotopic (exact) mass is 207 g/mol. The Morgan fingerprint density at radius 1 is 1.40 bits per heavy atom. The minimum atomic E-state index is 0.570. The third-order valence-corrected chi connectivity index (χ3v) is 3.92. The number of rotatable bonds is 4. The van der Waals surface area contributed by atoms with Crippen molar-refractivity contribution < 1.29 is 0 Å². The largest absolute Gasteiger partial charge is 0.317 e. The van der Waals surface area contributed by atoms with E-state index < -0.39 is 0 Å². The van der Waals surface area contributed by atoms with Crippen LogP contribution < -0.4 is 5.32 Å². The van der Waals surface area contributed by atoms with Gasteiger partial charge in [-0.05, 0) is 50.5 Å². The minimum Gasteiger partial charge on any atom is -0.317 e. The van der Waals surface area contributed by atoms with E-state index >= 15 is 0 Å². The van der Waals surface area contributed by atoms with Crippen LogP contribution in [-0.4, -0.2) is 13.1 Å². The summed E-state index contributed by atoms with van der Waals surface area (Å²) >= 11 is 0. The maximum atomic E-state index is 5.33. The molecule has 0 aliphatic heterocycles. The first-order chi connectivity index (χ1) is 7.09. The molecule has 0 bridgehead atoms. The van der Waals surface area contributed by atoms with E-state index in [1.54, 1.807) is 0 Å². The number of hydrogen-bond acceptors (Lipinski definition) is 1. The molecule has 1 aliphatic carbocycles. The van der Waals surface area contributed by atoms with E-state index in [1.165, 1.54) is 25.7 Å². The second kappa shape index (κ2) is 5.56. The highest BCUT2D eigenvalue weighted by molar-refractivity contribution is 4.89. The molecule has 0 amide bonds. The highest BCUT2D eigenvalue weighted by Crippen LogP contribution is 2.39. The Labute approximate surface area is 95.0 Å². The summed E-state index contributed by atoms with van der Waals surface area (Å²) < 4.78 is 0. The molecule has 1 saturated carbocycles. The van der Waals surface area contributed by atoms with Crippen LogP contribution >= 0.6 is 0 Å². The Bertz CT molecular complexity index is 214. The summed E-state index contributed by atoms with van der Waals surface area (Å²) in [4.78, 5) is 0. The van der Waals surface area contributed by atoms with Crippen LogP contribution in [0.15, 0.2) is 0 Å². The van der Waals surface area contributed by atoms with Crippen molar-refractivity contribution in [3.05, 3.63) is 0 Å². The van der Waals surface area contributed by atoms with Crippen LogP contribution in [0.5, 0.6) is 0 Å². The summed E-state index contributed by atoms with van der Waals surface area (Å²) in [6.45, 7) is 4.78. The van der Waals surface area contributed by atoms with Crippen LogP contribution in [0.4, 0.5) is 0 Å². The van der Waals surface area contributed by atoms with Gasteiger partial charge in [-0.25, -0.2) is 0 Å². The van der Waals surface area contributed by atoms with Crippen molar-refractivity contribution >= 4 is 0 Å². The molecule has 15 heavy (non-hydrogen) atoms. The van der Waals surface area contributed by atoms with Gasteiger partial charge in [0.1, 0.15) is 0 Å². The lowest BCUT2D eigenvalue weighted by Crippen LogP contribution is -2.37. The smallest absolute Gasteiger partial charge is 0.0101 e. The first kappa shape index (κ1) is 12.6. The van der Waals surface area contributed by atoms with E-state index in [2.05, 4.69) is 32.1 Å². The van der Waals surface area contributed by atoms with Crippen molar-refractivity contribution in [2.45, 2.75) is 58.4 Å². The molecular formula is C14H25N. The quantitative estimate of drug-likeness (QED) is 0.698. The van der Waals surface area contributed by atoms with Crippen molar-refractivity contribution in [1.29, 1.82) is 0 Å². The highest BCUT2D eigenvalue weighted by Gasteiger charge is 2.30. The number of terminal acetylenes is 1. The average Bonchev–Trinajstić information content (AvgIpc) is 2.21. The van der Waals surface area contributed by atoms with Gasteiger partial charge in [-0.3, -0.25) is 0 Å². The molecule has 0 aromatic carbocycles. The molecule has 1 atom stereocenters. The van der Waals surface area contributed by atoms with E-state index in [0.29, 0.717) is 11.5 Å². The zero-order chi connectivity index (χ0) is 11.3. The Kier molecular flexibility index (Phi) is 4.67. The Hall–Kier alpha value is -0.480. The fourth-order valence-corrected chi connectivity index (χ4v) is 2.68. The molecule has 1 fully saturated rings. The third-order valence-electron chi connectivity index (χ3n) is 3.92. The van der Waals surface area contributed by atoms with Gasteiger partial charge in [0.2, 0.25) is 0 Å². The summed E-state index contributed by atoms with van der Waals surface area (Å²) in [5.41, 5.74) is 0.570. The molecule has 1 rings (SSSR count). The summed E-state index contributed by atoms with van der Waals surface area (Å²) in [7, 11) is 2.07. The predicted octanol–water partition coefficient (Wildman–Crippen LogP) is 3.20. The standard InChI is InChI=1S/C14H25N/c1-5-6-7-13(15-4)12-8-10-14(2,3)11-9-12/h1,12-13,15H,6-11H2,2-4H3. The lowest BCUT2D eigenvalue weighted by atomic mass is 9.70. The van der Waals surface area contributed by atoms with Crippen LogP contribution in [0.25, 0.3) is 0 Å². The van der Waals surface area contributed by atoms with Gasteiger partial charge in [-0.2, -0.15) is 0 Å². The summed E-state index contributed by atoms with van der Waals surface area (Å²) in [6, 6.07) is 0.636. The van der Waals surface area contributed by atoms with Crippen LogP contribution in [0.1, 0.15) is 52.4 Å². The van der Waals surface area contributed by atoms with Crippen molar-refractivity contribution in [2.75, 3.05) is 7.05 Å². The molecule has 0 saturated heterocycles. The molecule has 1 heteroatoms. The Balaban J connectivity index is 2.40. The summed E-state index contributed by atoms with van der Waals surface area (Å²) in [5, 5.41) is 3.44. The lowest BCUT2D eigenvalue weighted by Gasteiger charge is -2.37. The number of hydrogen-bond donors (Lipinski definition) is 1. The maximum Gasteiger partial charge on any atom is 0.0101 e. The van der Waals surface area contributed by atoms with Crippen molar-refractivity contribution in [2.24, 2.45) is 11.3 Å². The Morgan fingerprint density at radius 2 is 2.00 bits per heavy atom. The first-order valence-corrected chi connectivity index (χ1v) is 6.20. The van der Waals surface area contributed by atoms with Gasteiger partial charge in [-0.15, -0.1) is 12.3 Å². The van der Waals surface area contributed by atoms with E-state index in [1.807, 2.05) is 0 Å². The van der Waals surface area contributed by atoms with E-state index in [0.717, 1.165) is 18.8 Å². The molecule has 86 valence electrons. The predicted molar refractivity (Wildman–Crippen MR) is 66.7 cm³/mol. The van der Waals surface area contributed by atoms with Crippen LogP contribution in [-0.2, 0) is 0 Å². The van der Waals surface area contributed by atoms with Crippen molar-refractivity contribution in [3.8, 4) is 12.3 Å².